The Bertz CT molecular complexity index is 402. The number of carbonyl (C=O) groups is 1. The van der Waals surface area contributed by atoms with E-state index in [4.69, 9.17) is 4.74 Å². The van der Waals surface area contributed by atoms with Gasteiger partial charge in [-0.2, -0.15) is 0 Å². The monoisotopic (exact) mass is 351 g/mol. The van der Waals surface area contributed by atoms with E-state index >= 15 is 0 Å². The molecule has 1 saturated heterocycles. The molecule has 0 saturated carbocycles. The van der Waals surface area contributed by atoms with Crippen molar-refractivity contribution in [1.82, 2.24) is 0 Å². The van der Waals surface area contributed by atoms with Gasteiger partial charge in [-0.1, -0.05) is 69.5 Å². The predicted molar refractivity (Wildman–Crippen MR) is 71.8 cm³/mol. The van der Waals surface area contributed by atoms with Crippen molar-refractivity contribution < 1.29 is 30.0 Å². The van der Waals surface area contributed by atoms with Crippen molar-refractivity contribution in [1.29, 1.82) is 0 Å². The number of hydrogen-bond donors (Lipinski definition) is 0. The van der Waals surface area contributed by atoms with Gasteiger partial charge >= 0.3 is 0 Å². The van der Waals surface area contributed by atoms with Crippen LogP contribution in [0.25, 0.3) is 0 Å². The summed E-state index contributed by atoms with van der Waals surface area (Å²) in [5.41, 5.74) is 1.26. The molecular formula is C16H21O2Pd-. The number of benzene rings is 1. The summed E-state index contributed by atoms with van der Waals surface area (Å²) in [6.45, 7) is 6.46. The van der Waals surface area contributed by atoms with Gasteiger partial charge in [0.15, 0.2) is 0 Å². The van der Waals surface area contributed by atoms with E-state index in [1.165, 1.54) is 5.56 Å². The Kier molecular flexibility index (Phi) is 6.23. The second-order valence-corrected chi connectivity index (χ2v) is 5.38. The van der Waals surface area contributed by atoms with E-state index in [9.17, 15) is 4.79 Å². The molecule has 0 spiro atoms. The van der Waals surface area contributed by atoms with E-state index in [-0.39, 0.29) is 38.2 Å². The number of cyclic esters (lactones) is 1. The van der Waals surface area contributed by atoms with Crippen molar-refractivity contribution in [2.75, 3.05) is 0 Å². The van der Waals surface area contributed by atoms with Crippen LogP contribution < -0.4 is 0 Å². The summed E-state index contributed by atoms with van der Waals surface area (Å²) in [6.07, 6.45) is 2.85. The van der Waals surface area contributed by atoms with Crippen LogP contribution in [0, 0.1) is 17.9 Å². The minimum atomic E-state index is -0.0582. The van der Waals surface area contributed by atoms with E-state index in [1.54, 1.807) is 0 Å². The molecular weight excluding hydrogens is 331 g/mol. The van der Waals surface area contributed by atoms with Crippen LogP contribution in [0.15, 0.2) is 30.3 Å². The molecule has 1 aromatic rings. The first kappa shape index (κ1) is 16.4. The summed E-state index contributed by atoms with van der Waals surface area (Å²) in [5.74, 6) is 0.791. The van der Waals surface area contributed by atoms with E-state index in [2.05, 4.69) is 26.0 Å². The Balaban J connectivity index is 0.00000180. The summed E-state index contributed by atoms with van der Waals surface area (Å²) in [4.78, 5) is 11.5. The zero-order valence-corrected chi connectivity index (χ0v) is 13.2. The van der Waals surface area contributed by atoms with Gasteiger partial charge in [-0.05, 0) is 11.8 Å². The molecule has 0 radical (unpaired) electrons. The van der Waals surface area contributed by atoms with Gasteiger partial charge < -0.3 is 4.74 Å². The van der Waals surface area contributed by atoms with Crippen LogP contribution in [0.2, 0.25) is 0 Å². The molecule has 2 atom stereocenters. The Hall–Kier alpha value is -0.648. The smallest absolute Gasteiger partial charge is 0.250 e. The molecule has 19 heavy (non-hydrogen) atoms. The molecule has 0 bridgehead atoms. The fourth-order valence-corrected chi connectivity index (χ4v) is 2.57. The third kappa shape index (κ3) is 3.68. The second-order valence-electron chi connectivity index (χ2n) is 5.38. The molecule has 1 heterocycles. The molecule has 1 aliphatic heterocycles. The maximum absolute atomic E-state index is 11.5. The minimum absolute atomic E-state index is 0. The van der Waals surface area contributed by atoms with Gasteiger partial charge in [0.05, 0.1) is 0 Å². The third-order valence-corrected chi connectivity index (χ3v) is 3.51. The van der Waals surface area contributed by atoms with Crippen LogP contribution in [0.3, 0.4) is 0 Å². The third-order valence-electron chi connectivity index (χ3n) is 3.51. The summed E-state index contributed by atoms with van der Waals surface area (Å²) < 4.78 is 5.34. The van der Waals surface area contributed by atoms with Gasteiger partial charge in [-0.15, -0.1) is 12.0 Å². The first-order chi connectivity index (χ1) is 8.63. The summed E-state index contributed by atoms with van der Waals surface area (Å²) in [5, 5.41) is 0. The molecule has 0 aliphatic carbocycles. The van der Waals surface area contributed by atoms with Crippen LogP contribution in [-0.2, 0) is 30.0 Å². The fraction of sp³-hybridized carbons (Fsp3) is 0.500. The molecule has 1 aliphatic rings. The first-order valence-corrected chi connectivity index (χ1v) is 6.76. The molecule has 1 aromatic carbocycles. The summed E-state index contributed by atoms with van der Waals surface area (Å²) >= 11 is 0. The first-order valence-electron chi connectivity index (χ1n) is 6.76. The van der Waals surface area contributed by atoms with Crippen LogP contribution >= 0.6 is 0 Å². The van der Waals surface area contributed by atoms with Gasteiger partial charge in [0.25, 0.3) is 5.97 Å². The Morgan fingerprint density at radius 3 is 2.37 bits per heavy atom. The van der Waals surface area contributed by atoms with Crippen molar-refractivity contribution in [2.24, 2.45) is 11.8 Å². The average molecular weight is 352 g/mol. The molecule has 2 nitrogen and oxygen atoms in total. The van der Waals surface area contributed by atoms with E-state index in [1.807, 2.05) is 25.1 Å². The molecule has 108 valence electrons. The Labute approximate surface area is 129 Å². The van der Waals surface area contributed by atoms with Crippen LogP contribution in [0.5, 0.6) is 0 Å². The average Bonchev–Trinajstić information content (AvgIpc) is 2.35. The van der Waals surface area contributed by atoms with Gasteiger partial charge in [0, 0.05) is 20.4 Å². The van der Waals surface area contributed by atoms with Crippen LogP contribution in [0.4, 0.5) is 0 Å². The fourth-order valence-electron chi connectivity index (χ4n) is 2.57. The standard InChI is InChI=1S/C16H21O2.Pd/c1-4-13-15(18-16(13)17)14(10-11(2)3)12-8-6-5-7-9-12;/h5-9,11,13-14H,4,10H2,1-3H3;/q-1;/t13-,14+;/m0./s1. The van der Waals surface area contributed by atoms with Crippen LogP contribution in [0.1, 0.15) is 45.1 Å². The number of rotatable bonds is 5. The second kappa shape index (κ2) is 7.22. The van der Waals surface area contributed by atoms with Crippen LogP contribution in [-0.4, -0.2) is 5.97 Å². The zero-order chi connectivity index (χ0) is 13.1. The summed E-state index contributed by atoms with van der Waals surface area (Å²) in [6, 6.07) is 10.4. The quantitative estimate of drug-likeness (QED) is 0.456. The molecule has 0 unspecified atom stereocenters. The maximum Gasteiger partial charge on any atom is 0.250 e. The van der Waals surface area contributed by atoms with Gasteiger partial charge in [-0.3, -0.25) is 4.79 Å². The van der Waals surface area contributed by atoms with E-state index in [0.717, 1.165) is 18.9 Å². The molecule has 2 rings (SSSR count). The molecule has 3 heteroatoms. The largest absolute Gasteiger partial charge is 0.634 e. The number of carbonyl (C=O) groups excluding carboxylic acids is 1. The van der Waals surface area contributed by atoms with Gasteiger partial charge in [0.1, 0.15) is 0 Å². The molecule has 1 fully saturated rings. The van der Waals surface area contributed by atoms with E-state index in [0.29, 0.717) is 5.92 Å². The maximum atomic E-state index is 11.5. The topological polar surface area (TPSA) is 26.3 Å². The Morgan fingerprint density at radius 2 is 1.89 bits per heavy atom. The van der Waals surface area contributed by atoms with Crippen molar-refractivity contribution in [3.63, 3.8) is 0 Å². The Morgan fingerprint density at radius 1 is 1.26 bits per heavy atom. The van der Waals surface area contributed by atoms with Crippen molar-refractivity contribution in [2.45, 2.75) is 39.5 Å². The van der Waals surface area contributed by atoms with Crippen molar-refractivity contribution >= 4 is 5.97 Å². The summed E-state index contributed by atoms with van der Waals surface area (Å²) in [7, 11) is 0. The number of esters is 1. The van der Waals surface area contributed by atoms with Crippen molar-refractivity contribution in [3.05, 3.63) is 42.0 Å². The number of ether oxygens (including phenoxy) is 1. The SMILES string of the molecule is CC[C@@H]1C(=O)O[C-]1[C@H](CC(C)C)c1ccccc1.[Pd]. The van der Waals surface area contributed by atoms with E-state index < -0.39 is 0 Å². The number of hydrogen-bond acceptors (Lipinski definition) is 2. The zero-order valence-electron chi connectivity index (χ0n) is 11.7. The van der Waals surface area contributed by atoms with Crippen molar-refractivity contribution in [3.8, 4) is 0 Å². The van der Waals surface area contributed by atoms with Gasteiger partial charge in [-0.25, -0.2) is 0 Å². The minimum Gasteiger partial charge on any atom is -0.634 e. The predicted octanol–water partition coefficient (Wildman–Crippen LogP) is 3.93. The normalized spacial score (nSPS) is 20.4. The molecule has 0 N–H and O–H groups in total. The molecule has 0 amide bonds. The van der Waals surface area contributed by atoms with Gasteiger partial charge in [0.2, 0.25) is 0 Å². The molecule has 0 aromatic heterocycles.